The van der Waals surface area contributed by atoms with Crippen LogP contribution in [0.15, 0.2) is 24.3 Å². The van der Waals surface area contributed by atoms with Crippen molar-refractivity contribution in [2.24, 2.45) is 0 Å². The van der Waals surface area contributed by atoms with Gasteiger partial charge in [-0.2, -0.15) is 0 Å². The molecule has 0 aliphatic carbocycles. The highest BCUT2D eigenvalue weighted by Crippen LogP contribution is 2.28. The van der Waals surface area contributed by atoms with E-state index in [1.807, 2.05) is 0 Å². The number of hydrogen-bond donors (Lipinski definition) is 0. The first-order chi connectivity index (χ1) is 8.17. The topological polar surface area (TPSA) is 58.6 Å². The quantitative estimate of drug-likeness (QED) is 0.546. The highest BCUT2D eigenvalue weighted by molar-refractivity contribution is 5.83. The molecule has 4 nitrogen and oxygen atoms in total. The monoisotopic (exact) mass is 231 g/mol. The highest BCUT2D eigenvalue weighted by Gasteiger charge is 2.03. The molecule has 0 aliphatic heterocycles. The molecule has 0 N–H and O–H groups in total. The molecule has 17 heavy (non-hydrogen) atoms. The zero-order valence-electron chi connectivity index (χ0n) is 9.30. The van der Waals surface area contributed by atoms with E-state index in [-0.39, 0.29) is 6.61 Å². The maximum Gasteiger partial charge on any atom is 0.163 e. The molecule has 0 saturated heterocycles. The van der Waals surface area contributed by atoms with Gasteiger partial charge in [-0.15, -0.1) is 6.42 Å². The fourth-order valence-corrected chi connectivity index (χ4v) is 1.19. The summed E-state index contributed by atoms with van der Waals surface area (Å²) in [5.74, 6) is 2.08. The van der Waals surface area contributed by atoms with E-state index >= 15 is 0 Å². The first kappa shape index (κ1) is 12.7. The molecule has 1 rings (SSSR count). The van der Waals surface area contributed by atoms with Crippen molar-refractivity contribution in [3.63, 3.8) is 0 Å². The number of benzene rings is 1. The summed E-state index contributed by atoms with van der Waals surface area (Å²) in [5.41, 5.74) is 0.655. The molecular formula is C13H11O4-. The number of ether oxygens (including phenoxy) is 2. The summed E-state index contributed by atoms with van der Waals surface area (Å²) in [7, 11) is 1.51. The van der Waals surface area contributed by atoms with Crippen LogP contribution >= 0.6 is 0 Å². The van der Waals surface area contributed by atoms with Crippen LogP contribution < -0.4 is 14.6 Å². The Kier molecular flexibility index (Phi) is 4.64. The van der Waals surface area contributed by atoms with Crippen molar-refractivity contribution in [3.05, 3.63) is 29.8 Å². The van der Waals surface area contributed by atoms with Crippen molar-refractivity contribution >= 4 is 12.0 Å². The average Bonchev–Trinajstić information content (AvgIpc) is 2.33. The Morgan fingerprint density at radius 1 is 1.53 bits per heavy atom. The lowest BCUT2D eigenvalue weighted by molar-refractivity contribution is -0.297. The molecule has 0 aromatic heterocycles. The van der Waals surface area contributed by atoms with E-state index in [0.29, 0.717) is 17.1 Å². The van der Waals surface area contributed by atoms with E-state index in [1.165, 1.54) is 13.2 Å². The van der Waals surface area contributed by atoms with Crippen LogP contribution in [0.5, 0.6) is 11.5 Å². The molecule has 0 saturated carbocycles. The minimum absolute atomic E-state index is 0.115. The molecule has 0 spiro atoms. The van der Waals surface area contributed by atoms with E-state index in [9.17, 15) is 9.90 Å². The minimum Gasteiger partial charge on any atom is -0.545 e. The van der Waals surface area contributed by atoms with Gasteiger partial charge in [0.25, 0.3) is 0 Å². The molecule has 0 radical (unpaired) electrons. The maximum absolute atomic E-state index is 10.3. The Balaban J connectivity index is 2.96. The van der Waals surface area contributed by atoms with Gasteiger partial charge in [0.05, 0.1) is 13.1 Å². The maximum atomic E-state index is 10.3. The molecular weight excluding hydrogens is 220 g/mol. The number of carboxylic acids is 1. The summed E-state index contributed by atoms with van der Waals surface area (Å²) in [6, 6.07) is 5.00. The third-order valence-electron chi connectivity index (χ3n) is 1.91. The second kappa shape index (κ2) is 6.23. The van der Waals surface area contributed by atoms with Crippen LogP contribution in [0.25, 0.3) is 6.08 Å². The van der Waals surface area contributed by atoms with E-state index in [2.05, 4.69) is 5.92 Å². The first-order valence-corrected chi connectivity index (χ1v) is 4.80. The van der Waals surface area contributed by atoms with Gasteiger partial charge in [-0.25, -0.2) is 0 Å². The molecule has 1 aromatic carbocycles. The lowest BCUT2D eigenvalue weighted by atomic mass is 10.2. The van der Waals surface area contributed by atoms with Crippen LogP contribution in [0.4, 0.5) is 0 Å². The third-order valence-corrected chi connectivity index (χ3v) is 1.91. The summed E-state index contributed by atoms with van der Waals surface area (Å²) in [4.78, 5) is 10.3. The molecule has 0 aliphatic rings. The van der Waals surface area contributed by atoms with Gasteiger partial charge in [-0.1, -0.05) is 18.1 Å². The van der Waals surface area contributed by atoms with E-state index in [1.54, 1.807) is 18.2 Å². The summed E-state index contributed by atoms with van der Waals surface area (Å²) >= 11 is 0. The Bertz CT molecular complexity index is 469. The standard InChI is InChI=1S/C13H12O4/c1-3-8-17-12-9-10(5-7-13(14)15)4-6-11(12)16-2/h1,4-7,9H,8H2,2H3,(H,14,15)/p-1/b7-5+. The molecule has 0 heterocycles. The van der Waals surface area contributed by atoms with Crippen LogP contribution in [0, 0.1) is 12.3 Å². The predicted molar refractivity (Wildman–Crippen MR) is 61.4 cm³/mol. The number of terminal acetylenes is 1. The Morgan fingerprint density at radius 2 is 2.29 bits per heavy atom. The van der Waals surface area contributed by atoms with Crippen molar-refractivity contribution in [3.8, 4) is 23.8 Å². The van der Waals surface area contributed by atoms with Crippen molar-refractivity contribution in [1.82, 2.24) is 0 Å². The van der Waals surface area contributed by atoms with Crippen molar-refractivity contribution in [2.45, 2.75) is 0 Å². The smallest absolute Gasteiger partial charge is 0.163 e. The number of hydrogen-bond acceptors (Lipinski definition) is 4. The number of rotatable bonds is 5. The van der Waals surface area contributed by atoms with Crippen molar-refractivity contribution < 1.29 is 19.4 Å². The largest absolute Gasteiger partial charge is 0.545 e. The van der Waals surface area contributed by atoms with Crippen molar-refractivity contribution in [2.75, 3.05) is 13.7 Å². The molecule has 0 amide bonds. The first-order valence-electron chi connectivity index (χ1n) is 4.80. The van der Waals surface area contributed by atoms with Gasteiger partial charge in [0.15, 0.2) is 11.5 Å². The lowest BCUT2D eigenvalue weighted by Gasteiger charge is -2.09. The van der Waals surface area contributed by atoms with E-state index < -0.39 is 5.97 Å². The zero-order valence-corrected chi connectivity index (χ0v) is 9.30. The Labute approximate surface area is 99.5 Å². The molecule has 4 heteroatoms. The van der Waals surface area contributed by atoms with Crippen LogP contribution in [0.3, 0.4) is 0 Å². The molecule has 0 bridgehead atoms. The minimum atomic E-state index is -1.26. The Morgan fingerprint density at radius 3 is 2.88 bits per heavy atom. The zero-order chi connectivity index (χ0) is 12.7. The van der Waals surface area contributed by atoms with E-state index in [0.717, 1.165) is 6.08 Å². The number of methoxy groups -OCH3 is 1. The van der Waals surface area contributed by atoms with Gasteiger partial charge in [0.2, 0.25) is 0 Å². The fourth-order valence-electron chi connectivity index (χ4n) is 1.19. The lowest BCUT2D eigenvalue weighted by Crippen LogP contribution is -2.18. The highest BCUT2D eigenvalue weighted by atomic mass is 16.5. The van der Waals surface area contributed by atoms with Crippen LogP contribution in [0.2, 0.25) is 0 Å². The number of carbonyl (C=O) groups is 1. The number of carboxylic acid groups (broad SMARTS) is 1. The van der Waals surface area contributed by atoms with Gasteiger partial charge in [0.1, 0.15) is 6.61 Å². The molecule has 0 atom stereocenters. The summed E-state index contributed by atoms with van der Waals surface area (Å²) < 4.78 is 10.3. The normalized spacial score (nSPS) is 9.88. The molecule has 0 fully saturated rings. The molecule has 1 aromatic rings. The van der Waals surface area contributed by atoms with Gasteiger partial charge < -0.3 is 19.4 Å². The van der Waals surface area contributed by atoms with E-state index in [4.69, 9.17) is 15.9 Å². The SMILES string of the molecule is C#CCOc1cc(/C=C/C(=O)[O-])ccc1OC. The number of aliphatic carboxylic acids is 1. The summed E-state index contributed by atoms with van der Waals surface area (Å²) in [6.45, 7) is 0.115. The molecule has 88 valence electrons. The number of carbonyl (C=O) groups excluding carboxylic acids is 1. The molecule has 0 unspecified atom stereocenters. The third kappa shape index (κ3) is 3.92. The fraction of sp³-hybridized carbons (Fsp3) is 0.154. The average molecular weight is 231 g/mol. The van der Waals surface area contributed by atoms with Crippen LogP contribution in [0.1, 0.15) is 5.56 Å². The summed E-state index contributed by atoms with van der Waals surface area (Å²) in [6.07, 6.45) is 7.43. The van der Waals surface area contributed by atoms with Gasteiger partial charge >= 0.3 is 0 Å². The van der Waals surface area contributed by atoms with Gasteiger partial charge in [0, 0.05) is 0 Å². The second-order valence-electron chi connectivity index (χ2n) is 3.06. The van der Waals surface area contributed by atoms with Crippen molar-refractivity contribution in [1.29, 1.82) is 0 Å². The van der Waals surface area contributed by atoms with Crippen LogP contribution in [-0.2, 0) is 4.79 Å². The van der Waals surface area contributed by atoms with Crippen LogP contribution in [-0.4, -0.2) is 19.7 Å². The second-order valence-corrected chi connectivity index (χ2v) is 3.06. The van der Waals surface area contributed by atoms with Gasteiger partial charge in [-0.05, 0) is 23.8 Å². The summed E-state index contributed by atoms with van der Waals surface area (Å²) in [5, 5.41) is 10.3. The Hall–Kier alpha value is -2.41. The predicted octanol–water partition coefficient (Wildman–Crippen LogP) is 0.470. The van der Waals surface area contributed by atoms with Gasteiger partial charge in [-0.3, -0.25) is 0 Å².